The van der Waals surface area contributed by atoms with Crippen LogP contribution in [0.5, 0.6) is 5.75 Å². The first-order valence-electron chi connectivity index (χ1n) is 6.90. The number of benzene rings is 2. The monoisotopic (exact) mass is 292 g/mol. The quantitative estimate of drug-likeness (QED) is 0.745. The number of hydrogen-bond acceptors (Lipinski definition) is 5. The highest BCUT2D eigenvalue weighted by Gasteiger charge is 2.01. The number of aromatic nitrogens is 2. The van der Waals surface area contributed by atoms with Gasteiger partial charge in [-0.15, -0.1) is 0 Å². The minimum absolute atomic E-state index is 0.541. The smallest absolute Gasteiger partial charge is 0.229 e. The average Bonchev–Trinajstić information content (AvgIpc) is 2.56. The molecule has 0 unspecified atom stereocenters. The fraction of sp³-hybridized carbons (Fsp3) is 0.0588. The standard InChI is InChI=1S/C17H16N4O/c1-22-15-9-5-8-14(12-15)19-16-10-11-18-17(21-16)20-13-6-3-2-4-7-13/h2-12H,1H3,(H2,18,19,20,21). The second-order valence-corrected chi connectivity index (χ2v) is 4.61. The van der Waals surface area contributed by atoms with E-state index >= 15 is 0 Å². The molecule has 0 saturated carbocycles. The van der Waals surface area contributed by atoms with Crippen LogP contribution in [-0.4, -0.2) is 17.1 Å². The lowest BCUT2D eigenvalue weighted by molar-refractivity contribution is 0.415. The Balaban J connectivity index is 1.76. The Morgan fingerprint density at radius 3 is 2.50 bits per heavy atom. The van der Waals surface area contributed by atoms with Crippen molar-refractivity contribution in [3.63, 3.8) is 0 Å². The molecule has 0 atom stereocenters. The highest BCUT2D eigenvalue weighted by molar-refractivity contribution is 5.60. The molecule has 5 heteroatoms. The van der Waals surface area contributed by atoms with Gasteiger partial charge in [-0.05, 0) is 30.3 Å². The van der Waals surface area contributed by atoms with Crippen molar-refractivity contribution in [2.24, 2.45) is 0 Å². The van der Waals surface area contributed by atoms with Crippen LogP contribution in [0, 0.1) is 0 Å². The van der Waals surface area contributed by atoms with Gasteiger partial charge in [-0.2, -0.15) is 4.98 Å². The fourth-order valence-electron chi connectivity index (χ4n) is 1.99. The molecule has 1 heterocycles. The van der Waals surface area contributed by atoms with Gasteiger partial charge in [0.2, 0.25) is 5.95 Å². The normalized spacial score (nSPS) is 10.0. The molecule has 0 fully saturated rings. The summed E-state index contributed by atoms with van der Waals surface area (Å²) in [6, 6.07) is 19.3. The van der Waals surface area contributed by atoms with Gasteiger partial charge in [0.05, 0.1) is 7.11 Å². The first kappa shape index (κ1) is 13.9. The van der Waals surface area contributed by atoms with Gasteiger partial charge in [0.1, 0.15) is 11.6 Å². The van der Waals surface area contributed by atoms with Crippen molar-refractivity contribution >= 4 is 23.1 Å². The van der Waals surface area contributed by atoms with Crippen LogP contribution in [0.1, 0.15) is 0 Å². The minimum Gasteiger partial charge on any atom is -0.497 e. The van der Waals surface area contributed by atoms with Crippen molar-refractivity contribution in [2.45, 2.75) is 0 Å². The van der Waals surface area contributed by atoms with E-state index < -0.39 is 0 Å². The molecule has 3 rings (SSSR count). The Morgan fingerprint density at radius 2 is 1.68 bits per heavy atom. The van der Waals surface area contributed by atoms with Crippen LogP contribution in [0.25, 0.3) is 0 Å². The van der Waals surface area contributed by atoms with Gasteiger partial charge in [-0.1, -0.05) is 24.3 Å². The summed E-state index contributed by atoms with van der Waals surface area (Å²) in [7, 11) is 1.64. The zero-order valence-electron chi connectivity index (χ0n) is 12.2. The van der Waals surface area contributed by atoms with Crippen LogP contribution in [0.3, 0.4) is 0 Å². The Bertz CT molecular complexity index is 746. The van der Waals surface area contributed by atoms with E-state index in [1.54, 1.807) is 13.3 Å². The summed E-state index contributed by atoms with van der Waals surface area (Å²) in [4.78, 5) is 8.67. The van der Waals surface area contributed by atoms with Crippen LogP contribution in [0.2, 0.25) is 0 Å². The molecule has 0 bridgehead atoms. The first-order valence-corrected chi connectivity index (χ1v) is 6.90. The van der Waals surface area contributed by atoms with Gasteiger partial charge >= 0.3 is 0 Å². The third kappa shape index (κ3) is 3.52. The largest absolute Gasteiger partial charge is 0.497 e. The highest BCUT2D eigenvalue weighted by atomic mass is 16.5. The average molecular weight is 292 g/mol. The van der Waals surface area contributed by atoms with Gasteiger partial charge in [0.15, 0.2) is 0 Å². The fourth-order valence-corrected chi connectivity index (χ4v) is 1.99. The molecule has 5 nitrogen and oxygen atoms in total. The van der Waals surface area contributed by atoms with E-state index in [1.807, 2.05) is 60.7 Å². The summed E-state index contributed by atoms with van der Waals surface area (Å²) in [5.74, 6) is 2.04. The number of methoxy groups -OCH3 is 1. The van der Waals surface area contributed by atoms with Gasteiger partial charge in [0, 0.05) is 23.6 Å². The van der Waals surface area contributed by atoms with E-state index in [2.05, 4.69) is 20.6 Å². The lowest BCUT2D eigenvalue weighted by Crippen LogP contribution is -2.00. The third-order valence-corrected chi connectivity index (χ3v) is 3.03. The van der Waals surface area contributed by atoms with Gasteiger partial charge in [-0.25, -0.2) is 4.98 Å². The zero-order chi connectivity index (χ0) is 15.2. The van der Waals surface area contributed by atoms with E-state index in [0.717, 1.165) is 17.1 Å². The predicted molar refractivity (Wildman–Crippen MR) is 88.0 cm³/mol. The SMILES string of the molecule is COc1cccc(Nc2ccnc(Nc3ccccc3)n2)c1. The van der Waals surface area contributed by atoms with Crippen LogP contribution < -0.4 is 15.4 Å². The lowest BCUT2D eigenvalue weighted by Gasteiger charge is -2.09. The third-order valence-electron chi connectivity index (χ3n) is 3.03. The summed E-state index contributed by atoms with van der Waals surface area (Å²) >= 11 is 0. The number of anilines is 4. The molecular weight excluding hydrogens is 276 g/mol. The molecule has 0 aliphatic carbocycles. The molecule has 0 radical (unpaired) electrons. The zero-order valence-corrected chi connectivity index (χ0v) is 12.2. The molecule has 0 amide bonds. The Hall–Kier alpha value is -3.08. The summed E-state index contributed by atoms with van der Waals surface area (Å²) in [5.41, 5.74) is 1.85. The van der Waals surface area contributed by atoms with Crippen LogP contribution in [-0.2, 0) is 0 Å². The maximum absolute atomic E-state index is 5.21. The van der Waals surface area contributed by atoms with E-state index in [1.165, 1.54) is 0 Å². The van der Waals surface area contributed by atoms with Crippen molar-refractivity contribution in [2.75, 3.05) is 17.7 Å². The van der Waals surface area contributed by atoms with E-state index in [-0.39, 0.29) is 0 Å². The summed E-state index contributed by atoms with van der Waals surface area (Å²) in [6.45, 7) is 0. The first-order chi connectivity index (χ1) is 10.8. The van der Waals surface area contributed by atoms with E-state index in [4.69, 9.17) is 4.74 Å². The van der Waals surface area contributed by atoms with Crippen molar-refractivity contribution in [1.82, 2.24) is 9.97 Å². The maximum atomic E-state index is 5.21. The second-order valence-electron chi connectivity index (χ2n) is 4.61. The summed E-state index contributed by atoms with van der Waals surface area (Å²) in [6.07, 6.45) is 1.71. The van der Waals surface area contributed by atoms with Gasteiger partial charge in [-0.3, -0.25) is 0 Å². The molecule has 110 valence electrons. The second kappa shape index (κ2) is 6.58. The Morgan fingerprint density at radius 1 is 0.864 bits per heavy atom. The molecule has 0 spiro atoms. The molecule has 0 aliphatic rings. The van der Waals surface area contributed by atoms with Crippen molar-refractivity contribution in [1.29, 1.82) is 0 Å². The molecular formula is C17H16N4O. The number of rotatable bonds is 5. The maximum Gasteiger partial charge on any atom is 0.229 e. The number of nitrogens with one attached hydrogen (secondary N) is 2. The summed E-state index contributed by atoms with van der Waals surface area (Å²) < 4.78 is 5.21. The van der Waals surface area contributed by atoms with Gasteiger partial charge < -0.3 is 15.4 Å². The molecule has 2 N–H and O–H groups in total. The number of nitrogens with zero attached hydrogens (tertiary/aromatic N) is 2. The van der Waals surface area contributed by atoms with Crippen LogP contribution >= 0.6 is 0 Å². The molecule has 3 aromatic rings. The number of para-hydroxylation sites is 1. The minimum atomic E-state index is 0.541. The van der Waals surface area contributed by atoms with E-state index in [9.17, 15) is 0 Å². The topological polar surface area (TPSA) is 59.1 Å². The van der Waals surface area contributed by atoms with Crippen molar-refractivity contribution in [3.8, 4) is 5.75 Å². The molecule has 2 aromatic carbocycles. The van der Waals surface area contributed by atoms with Crippen molar-refractivity contribution in [3.05, 3.63) is 66.9 Å². The molecule has 22 heavy (non-hydrogen) atoms. The highest BCUT2D eigenvalue weighted by Crippen LogP contribution is 2.21. The summed E-state index contributed by atoms with van der Waals surface area (Å²) in [5, 5.41) is 6.40. The van der Waals surface area contributed by atoms with Gasteiger partial charge in [0.25, 0.3) is 0 Å². The Labute approximate surface area is 129 Å². The lowest BCUT2D eigenvalue weighted by atomic mass is 10.3. The molecule has 1 aromatic heterocycles. The van der Waals surface area contributed by atoms with Crippen molar-refractivity contribution < 1.29 is 4.74 Å². The van der Waals surface area contributed by atoms with E-state index in [0.29, 0.717) is 11.8 Å². The number of ether oxygens (including phenoxy) is 1. The van der Waals surface area contributed by atoms with Crippen LogP contribution in [0.4, 0.5) is 23.1 Å². The number of hydrogen-bond donors (Lipinski definition) is 2. The molecule has 0 aliphatic heterocycles. The Kier molecular flexibility index (Phi) is 4.15. The van der Waals surface area contributed by atoms with Crippen LogP contribution in [0.15, 0.2) is 66.9 Å². The predicted octanol–water partition coefficient (Wildman–Crippen LogP) is 3.97. The molecule has 0 saturated heterocycles.